The summed E-state index contributed by atoms with van der Waals surface area (Å²) in [4.78, 5) is 18.6. The highest BCUT2D eigenvalue weighted by Crippen LogP contribution is 2.30. The molecule has 3 saturated heterocycles. The molecule has 1 N–H and O–H groups in total. The van der Waals surface area contributed by atoms with E-state index < -0.39 is 0 Å². The molecule has 4 rings (SSSR count). The summed E-state index contributed by atoms with van der Waals surface area (Å²) in [7, 11) is 0. The molecule has 2 bridgehead atoms. The maximum atomic E-state index is 11.7. The normalized spacial score (nSPS) is 24.7. The molecule has 0 saturated carbocycles. The lowest BCUT2D eigenvalue weighted by Gasteiger charge is -2.35. The molecule has 1 aromatic rings. The van der Waals surface area contributed by atoms with Crippen molar-refractivity contribution >= 4 is 17.2 Å². The summed E-state index contributed by atoms with van der Waals surface area (Å²) < 4.78 is 0. The third kappa shape index (κ3) is 3.52. The molecule has 0 spiro atoms. The fourth-order valence-electron chi connectivity index (χ4n) is 3.49. The maximum absolute atomic E-state index is 11.7. The minimum Gasteiger partial charge on any atom is -0.384 e. The Labute approximate surface area is 135 Å². The van der Waals surface area contributed by atoms with Crippen molar-refractivity contribution in [3.63, 3.8) is 0 Å². The molecule has 3 aliphatic rings. The number of hydrogen-bond acceptors (Lipinski definition) is 4. The van der Waals surface area contributed by atoms with Gasteiger partial charge < -0.3 is 10.0 Å². The number of amides is 1. The Morgan fingerprint density at radius 1 is 1.36 bits per heavy atom. The van der Waals surface area contributed by atoms with Crippen molar-refractivity contribution in [2.24, 2.45) is 5.92 Å². The van der Waals surface area contributed by atoms with Gasteiger partial charge >= 0.3 is 0 Å². The van der Waals surface area contributed by atoms with Crippen LogP contribution in [0.1, 0.15) is 29.5 Å². The second-order valence-corrected chi connectivity index (χ2v) is 7.34. The van der Waals surface area contributed by atoms with Crippen LogP contribution in [0.3, 0.4) is 0 Å². The van der Waals surface area contributed by atoms with E-state index in [1.54, 1.807) is 18.3 Å². The fraction of sp³-hybridized carbons (Fsp3) is 0.588. The first kappa shape index (κ1) is 15.5. The Kier molecular flexibility index (Phi) is 4.82. The summed E-state index contributed by atoms with van der Waals surface area (Å²) in [6, 6.07) is 4.64. The zero-order valence-corrected chi connectivity index (χ0v) is 13.7. The number of nitrogens with zero attached hydrogens (tertiary/aromatic N) is 2. The van der Waals surface area contributed by atoms with Gasteiger partial charge in [0.1, 0.15) is 6.61 Å². The minimum absolute atomic E-state index is 0.0933. The topological polar surface area (TPSA) is 43.8 Å². The molecular formula is C17H22N2O2S. The van der Waals surface area contributed by atoms with Gasteiger partial charge in [0, 0.05) is 44.0 Å². The predicted octanol–water partition coefficient (Wildman–Crippen LogP) is 1.53. The molecule has 4 heterocycles. The molecule has 0 aliphatic carbocycles. The van der Waals surface area contributed by atoms with E-state index in [-0.39, 0.29) is 12.5 Å². The monoisotopic (exact) mass is 318 g/mol. The number of piperidine rings is 1. The number of aliphatic hydroxyl groups is 1. The molecule has 2 atom stereocenters. The number of carbonyl (C=O) groups is 1. The van der Waals surface area contributed by atoms with Crippen molar-refractivity contribution in [1.82, 2.24) is 9.80 Å². The van der Waals surface area contributed by atoms with Crippen molar-refractivity contribution in [3.05, 3.63) is 21.9 Å². The molecule has 3 aliphatic heterocycles. The van der Waals surface area contributed by atoms with Gasteiger partial charge in [0.2, 0.25) is 5.91 Å². The van der Waals surface area contributed by atoms with E-state index in [2.05, 4.69) is 22.8 Å². The lowest BCUT2D eigenvalue weighted by Crippen LogP contribution is -2.43. The van der Waals surface area contributed by atoms with E-state index in [1.807, 2.05) is 11.0 Å². The SMILES string of the molecule is CC(=O)N1C[C@H]2CC[C@@H](C1)N(Cc1ccc(C#CCO)s1)C2. The molecule has 4 nitrogen and oxygen atoms in total. The van der Waals surface area contributed by atoms with Crippen LogP contribution in [0.15, 0.2) is 12.1 Å². The Morgan fingerprint density at radius 2 is 2.23 bits per heavy atom. The lowest BCUT2D eigenvalue weighted by atomic mass is 9.95. The van der Waals surface area contributed by atoms with Crippen LogP contribution >= 0.6 is 11.3 Å². The van der Waals surface area contributed by atoms with Gasteiger partial charge in [-0.1, -0.05) is 11.8 Å². The molecule has 118 valence electrons. The van der Waals surface area contributed by atoms with Gasteiger partial charge in [0.05, 0.1) is 4.88 Å². The smallest absolute Gasteiger partial charge is 0.219 e. The van der Waals surface area contributed by atoms with Crippen molar-refractivity contribution in [3.8, 4) is 11.8 Å². The number of fused-ring (bicyclic) bond motifs is 4. The summed E-state index contributed by atoms with van der Waals surface area (Å²) >= 11 is 1.70. The Morgan fingerprint density at radius 3 is 3.00 bits per heavy atom. The largest absolute Gasteiger partial charge is 0.384 e. The van der Waals surface area contributed by atoms with E-state index in [0.717, 1.165) is 31.1 Å². The van der Waals surface area contributed by atoms with E-state index in [1.165, 1.54) is 17.7 Å². The summed E-state index contributed by atoms with van der Waals surface area (Å²) in [6.07, 6.45) is 2.43. The van der Waals surface area contributed by atoms with Crippen LogP contribution in [0.4, 0.5) is 0 Å². The average Bonchev–Trinajstić information content (AvgIpc) is 2.73. The zero-order valence-electron chi connectivity index (χ0n) is 12.9. The summed E-state index contributed by atoms with van der Waals surface area (Å²) in [5, 5.41) is 8.76. The number of hydrogen-bond donors (Lipinski definition) is 1. The molecule has 0 radical (unpaired) electrons. The molecule has 22 heavy (non-hydrogen) atoms. The second kappa shape index (κ2) is 6.82. The minimum atomic E-state index is -0.0933. The zero-order chi connectivity index (χ0) is 15.5. The number of aliphatic hydroxyl groups excluding tert-OH is 1. The number of carbonyl (C=O) groups excluding carboxylic acids is 1. The van der Waals surface area contributed by atoms with Gasteiger partial charge in [-0.05, 0) is 30.9 Å². The van der Waals surface area contributed by atoms with Crippen LogP contribution in [0.2, 0.25) is 0 Å². The lowest BCUT2D eigenvalue weighted by molar-refractivity contribution is -0.129. The second-order valence-electron chi connectivity index (χ2n) is 6.18. The van der Waals surface area contributed by atoms with Crippen LogP contribution < -0.4 is 0 Å². The molecule has 3 fully saturated rings. The highest BCUT2D eigenvalue weighted by atomic mass is 32.1. The molecule has 5 heteroatoms. The summed E-state index contributed by atoms with van der Waals surface area (Å²) in [6.45, 7) is 5.40. The van der Waals surface area contributed by atoms with Crippen molar-refractivity contribution < 1.29 is 9.90 Å². The van der Waals surface area contributed by atoms with Gasteiger partial charge in [0.15, 0.2) is 0 Å². The van der Waals surface area contributed by atoms with E-state index >= 15 is 0 Å². The highest BCUT2D eigenvalue weighted by molar-refractivity contribution is 7.12. The molecule has 0 aromatic carbocycles. The van der Waals surface area contributed by atoms with Crippen molar-refractivity contribution in [2.45, 2.75) is 32.4 Å². The third-order valence-corrected chi connectivity index (χ3v) is 5.57. The van der Waals surface area contributed by atoms with E-state index in [0.29, 0.717) is 12.0 Å². The molecular weight excluding hydrogens is 296 g/mol. The Hall–Kier alpha value is -1.35. The fourth-order valence-corrected chi connectivity index (χ4v) is 4.39. The van der Waals surface area contributed by atoms with Crippen LogP contribution in [0.25, 0.3) is 0 Å². The summed E-state index contributed by atoms with van der Waals surface area (Å²) in [5.74, 6) is 6.48. The van der Waals surface area contributed by atoms with Gasteiger partial charge in [-0.2, -0.15) is 0 Å². The third-order valence-electron chi connectivity index (χ3n) is 4.58. The van der Waals surface area contributed by atoms with Crippen molar-refractivity contribution in [1.29, 1.82) is 0 Å². The highest BCUT2D eigenvalue weighted by Gasteiger charge is 2.35. The molecule has 0 unspecified atom stereocenters. The van der Waals surface area contributed by atoms with Gasteiger partial charge in [-0.25, -0.2) is 0 Å². The van der Waals surface area contributed by atoms with Crippen LogP contribution in [0.5, 0.6) is 0 Å². The number of rotatable bonds is 2. The Bertz CT molecular complexity index is 601. The van der Waals surface area contributed by atoms with Crippen LogP contribution in [-0.2, 0) is 11.3 Å². The van der Waals surface area contributed by atoms with E-state index in [4.69, 9.17) is 5.11 Å². The maximum Gasteiger partial charge on any atom is 0.219 e. The van der Waals surface area contributed by atoms with Crippen molar-refractivity contribution in [2.75, 3.05) is 26.2 Å². The quantitative estimate of drug-likeness (QED) is 0.841. The predicted molar refractivity (Wildman–Crippen MR) is 87.5 cm³/mol. The Balaban J connectivity index is 1.68. The van der Waals surface area contributed by atoms with Crippen LogP contribution in [0, 0.1) is 17.8 Å². The average molecular weight is 318 g/mol. The molecule has 1 aromatic heterocycles. The first-order chi connectivity index (χ1) is 10.7. The van der Waals surface area contributed by atoms with E-state index in [9.17, 15) is 4.79 Å². The number of thiophene rings is 1. The standard InChI is InChI=1S/C17H22N2O2S/c1-13(21)18-9-14-4-5-15(11-18)19(10-14)12-17-7-6-16(22-17)3-2-8-20/h6-7,14-15,20H,4-5,8-12H2,1H3/t14-,15+/m1/s1. The van der Waals surface area contributed by atoms with Crippen LogP contribution in [-0.4, -0.2) is 53.1 Å². The summed E-state index contributed by atoms with van der Waals surface area (Å²) in [5.41, 5.74) is 0. The van der Waals surface area contributed by atoms with Gasteiger partial charge in [0.25, 0.3) is 0 Å². The van der Waals surface area contributed by atoms with Gasteiger partial charge in [-0.15, -0.1) is 11.3 Å². The first-order valence-electron chi connectivity index (χ1n) is 7.83. The van der Waals surface area contributed by atoms with Gasteiger partial charge in [-0.3, -0.25) is 9.69 Å². The first-order valence-corrected chi connectivity index (χ1v) is 8.65. The molecule has 1 amide bonds.